The Balaban J connectivity index is 0. The van der Waals surface area contributed by atoms with Gasteiger partial charge in [0.2, 0.25) is 0 Å². The molecule has 1 heterocycles. The van der Waals surface area contributed by atoms with Gasteiger partial charge in [0.15, 0.2) is 0 Å². The first-order chi connectivity index (χ1) is 8.56. The molecule has 1 aliphatic rings. The van der Waals surface area contributed by atoms with E-state index in [2.05, 4.69) is 43.3 Å². The van der Waals surface area contributed by atoms with Gasteiger partial charge in [-0.05, 0) is 12.3 Å². The zero-order valence-electron chi connectivity index (χ0n) is 11.6. The van der Waals surface area contributed by atoms with Crippen LogP contribution < -0.4 is 0 Å². The molecule has 1 nitrogen and oxygen atoms in total. The number of halogens is 6. The fourth-order valence-electron chi connectivity index (χ4n) is 1.48. The number of nitrogens with zero attached hydrogens (tertiary/aromatic N) is 1. The zero-order chi connectivity index (χ0) is 15.0. The Bertz CT molecular complexity index is 280. The normalized spacial score (nSPS) is 16.8. The molecule has 122 valence electrons. The standard InChI is InChI=1S/C12H21N.F5P.FH/c1-3-4-5-6-9-13-10-7-12(2)8-11-13;1-6(2,3,4)5;/h7-8,10-12H,3-6,9H2,1-2H3;;1H. The van der Waals surface area contributed by atoms with Crippen LogP contribution in [0.5, 0.6) is 0 Å². The summed E-state index contributed by atoms with van der Waals surface area (Å²) in [7, 11) is -8.55. The molecular weight excluding hydrogens is 303 g/mol. The van der Waals surface area contributed by atoms with Crippen LogP contribution in [0.25, 0.3) is 0 Å². The number of hydrogen-bond donors (Lipinski definition) is 0. The van der Waals surface area contributed by atoms with Crippen LogP contribution in [0.3, 0.4) is 0 Å². The van der Waals surface area contributed by atoms with Crippen LogP contribution in [0, 0.1) is 5.92 Å². The van der Waals surface area contributed by atoms with Gasteiger partial charge in [-0.2, -0.15) is 0 Å². The van der Waals surface area contributed by atoms with Gasteiger partial charge < -0.3 is 4.90 Å². The first-order valence-electron chi connectivity index (χ1n) is 6.30. The van der Waals surface area contributed by atoms with Gasteiger partial charge in [-0.15, -0.1) is 0 Å². The van der Waals surface area contributed by atoms with Crippen molar-refractivity contribution in [3.63, 3.8) is 0 Å². The van der Waals surface area contributed by atoms with Gasteiger partial charge in [0.25, 0.3) is 0 Å². The predicted molar refractivity (Wildman–Crippen MR) is 73.3 cm³/mol. The Morgan fingerprint density at radius 3 is 1.80 bits per heavy atom. The Kier molecular flexibility index (Phi) is 10.0. The van der Waals surface area contributed by atoms with E-state index in [9.17, 15) is 21.0 Å². The van der Waals surface area contributed by atoms with Crippen LogP contribution in [0.1, 0.15) is 39.5 Å². The molecule has 0 bridgehead atoms. The third-order valence-electron chi connectivity index (χ3n) is 2.43. The molecular formula is C12H22F6NP. The summed E-state index contributed by atoms with van der Waals surface area (Å²) >= 11 is 0. The van der Waals surface area contributed by atoms with Gasteiger partial charge in [-0.25, -0.2) is 0 Å². The van der Waals surface area contributed by atoms with Crippen molar-refractivity contribution >= 4 is 8.16 Å². The van der Waals surface area contributed by atoms with E-state index in [4.69, 9.17) is 0 Å². The van der Waals surface area contributed by atoms with E-state index in [-0.39, 0.29) is 4.70 Å². The molecule has 0 aromatic carbocycles. The topological polar surface area (TPSA) is 3.24 Å². The van der Waals surface area contributed by atoms with Gasteiger partial charge in [0.1, 0.15) is 0 Å². The molecule has 0 aliphatic carbocycles. The third kappa shape index (κ3) is 19.6. The minimum absolute atomic E-state index is 0. The average Bonchev–Trinajstić information content (AvgIpc) is 2.23. The second-order valence-corrected chi connectivity index (χ2v) is 5.76. The molecule has 0 fully saturated rings. The monoisotopic (exact) mass is 325 g/mol. The van der Waals surface area contributed by atoms with E-state index in [0.717, 1.165) is 0 Å². The summed E-state index contributed by atoms with van der Waals surface area (Å²) in [6, 6.07) is 0. The average molecular weight is 325 g/mol. The van der Waals surface area contributed by atoms with Crippen molar-refractivity contribution in [3.8, 4) is 0 Å². The summed E-state index contributed by atoms with van der Waals surface area (Å²) in [5, 5.41) is 0. The number of unbranched alkanes of at least 4 members (excludes halogenated alkanes) is 3. The minimum atomic E-state index is -8.55. The summed E-state index contributed by atoms with van der Waals surface area (Å²) in [6.07, 6.45) is 14.3. The maximum absolute atomic E-state index is 9.84. The number of hydrogen-bond acceptors (Lipinski definition) is 1. The molecule has 0 saturated carbocycles. The van der Waals surface area contributed by atoms with Crippen LogP contribution in [-0.2, 0) is 0 Å². The third-order valence-corrected chi connectivity index (χ3v) is 2.43. The summed E-state index contributed by atoms with van der Waals surface area (Å²) in [4.78, 5) is 2.29. The molecule has 20 heavy (non-hydrogen) atoms. The van der Waals surface area contributed by atoms with E-state index in [1.165, 1.54) is 32.2 Å². The molecule has 0 saturated heterocycles. The molecule has 0 atom stereocenters. The first kappa shape index (κ1) is 21.6. The molecule has 1 aliphatic heterocycles. The molecule has 0 aromatic rings. The van der Waals surface area contributed by atoms with Crippen LogP contribution >= 0.6 is 8.16 Å². The second-order valence-electron chi connectivity index (χ2n) is 4.48. The van der Waals surface area contributed by atoms with Gasteiger partial charge in [0.05, 0.1) is 0 Å². The predicted octanol–water partition coefficient (Wildman–Crippen LogP) is 6.66. The van der Waals surface area contributed by atoms with Gasteiger partial charge >= 0.3 is 29.1 Å². The van der Waals surface area contributed by atoms with Crippen molar-refractivity contribution < 1.29 is 25.7 Å². The maximum atomic E-state index is 9.84. The molecule has 0 spiro atoms. The summed E-state index contributed by atoms with van der Waals surface area (Å²) in [5.74, 6) is 0.617. The second kappa shape index (κ2) is 9.27. The summed E-state index contributed by atoms with van der Waals surface area (Å²) in [6.45, 7) is 5.64. The Labute approximate surface area is 116 Å². The Hall–Kier alpha value is -0.710. The van der Waals surface area contributed by atoms with Gasteiger partial charge in [-0.3, -0.25) is 4.70 Å². The molecule has 0 unspecified atom stereocenters. The van der Waals surface area contributed by atoms with Gasteiger partial charge in [-0.1, -0.05) is 45.3 Å². The quantitative estimate of drug-likeness (QED) is 0.310. The molecule has 0 N–H and O–H groups in total. The van der Waals surface area contributed by atoms with E-state index in [1.54, 1.807) is 0 Å². The fraction of sp³-hybridized carbons (Fsp3) is 0.667. The SMILES string of the molecule is CCCCCCN1C=CC(C)C=C1.F.FP(F)(F)(F)F. The van der Waals surface area contributed by atoms with E-state index in [0.29, 0.717) is 5.92 Å². The van der Waals surface area contributed by atoms with E-state index < -0.39 is 8.16 Å². The van der Waals surface area contributed by atoms with Crippen molar-refractivity contribution in [2.75, 3.05) is 6.54 Å². The first-order valence-corrected chi connectivity index (χ1v) is 7.99. The van der Waals surface area contributed by atoms with Crippen LogP contribution in [0.15, 0.2) is 24.6 Å². The van der Waals surface area contributed by atoms with Crippen molar-refractivity contribution in [1.82, 2.24) is 4.90 Å². The van der Waals surface area contributed by atoms with Crippen molar-refractivity contribution in [2.45, 2.75) is 39.5 Å². The molecule has 0 aromatic heterocycles. The molecule has 1 rings (SSSR count). The summed E-state index contributed by atoms with van der Waals surface area (Å²) in [5.41, 5.74) is 0. The van der Waals surface area contributed by atoms with Crippen LogP contribution in [-0.4, -0.2) is 11.4 Å². The van der Waals surface area contributed by atoms with E-state index in [1.807, 2.05) is 0 Å². The summed E-state index contributed by atoms with van der Waals surface area (Å²) < 4.78 is 49.2. The zero-order valence-corrected chi connectivity index (χ0v) is 12.5. The fourth-order valence-corrected chi connectivity index (χ4v) is 1.48. The molecule has 0 radical (unpaired) electrons. The number of rotatable bonds is 5. The van der Waals surface area contributed by atoms with E-state index >= 15 is 0 Å². The van der Waals surface area contributed by atoms with Crippen molar-refractivity contribution in [3.05, 3.63) is 24.6 Å². The Morgan fingerprint density at radius 1 is 0.950 bits per heavy atom. The van der Waals surface area contributed by atoms with Gasteiger partial charge in [0, 0.05) is 18.9 Å². The van der Waals surface area contributed by atoms with Crippen molar-refractivity contribution in [1.29, 1.82) is 0 Å². The Morgan fingerprint density at radius 2 is 1.40 bits per heavy atom. The van der Waals surface area contributed by atoms with Crippen molar-refractivity contribution in [2.24, 2.45) is 5.92 Å². The molecule has 8 heteroatoms. The van der Waals surface area contributed by atoms with Crippen LogP contribution in [0.4, 0.5) is 25.7 Å². The van der Waals surface area contributed by atoms with Crippen LogP contribution in [0.2, 0.25) is 0 Å². The number of allylic oxidation sites excluding steroid dienone is 2. The molecule has 0 amide bonds.